The number of rotatable bonds is 4. The number of pyridine rings is 1. The maximum atomic E-state index is 14.4. The molecule has 4 aromatic rings. The molecule has 10 nitrogen and oxygen atoms in total. The number of nitrogens with one attached hydrogen (secondary N) is 1. The minimum Gasteiger partial charge on any atom is -0.479 e. The molecule has 0 aliphatic carbocycles. The van der Waals surface area contributed by atoms with Gasteiger partial charge in [0.1, 0.15) is 27.3 Å². The van der Waals surface area contributed by atoms with E-state index in [1.54, 1.807) is 11.0 Å². The Balaban J connectivity index is 1.59. The van der Waals surface area contributed by atoms with E-state index in [0.717, 1.165) is 0 Å². The summed E-state index contributed by atoms with van der Waals surface area (Å²) in [5.74, 6) is -0.615. The highest BCUT2D eigenvalue weighted by atomic mass is 35.5. The topological polar surface area (TPSA) is 120 Å². The highest BCUT2D eigenvalue weighted by molar-refractivity contribution is 6.33. The Morgan fingerprint density at radius 3 is 2.68 bits per heavy atom. The summed E-state index contributed by atoms with van der Waals surface area (Å²) in [6.45, 7) is 5.30. The van der Waals surface area contributed by atoms with Crippen LogP contribution >= 0.6 is 23.2 Å². The van der Waals surface area contributed by atoms with E-state index in [2.05, 4.69) is 31.7 Å². The van der Waals surface area contributed by atoms with Gasteiger partial charge < -0.3 is 19.6 Å². The number of amides is 1. The first-order valence-electron chi connectivity index (χ1n) is 10.1. The van der Waals surface area contributed by atoms with E-state index < -0.39 is 11.8 Å². The summed E-state index contributed by atoms with van der Waals surface area (Å²) < 4.78 is 20.3. The molecule has 1 amide bonds. The fourth-order valence-electron chi connectivity index (χ4n) is 3.82. The van der Waals surface area contributed by atoms with Crippen LogP contribution in [0.15, 0.2) is 31.0 Å². The molecule has 4 heterocycles. The first-order chi connectivity index (χ1) is 16.4. The molecule has 1 aromatic carbocycles. The van der Waals surface area contributed by atoms with Crippen molar-refractivity contribution in [3.8, 4) is 17.6 Å². The first-order valence-corrected chi connectivity index (χ1v) is 10.8. The van der Waals surface area contributed by atoms with Gasteiger partial charge >= 0.3 is 6.01 Å². The van der Waals surface area contributed by atoms with Crippen molar-refractivity contribution in [1.29, 1.82) is 0 Å². The van der Waals surface area contributed by atoms with Gasteiger partial charge in [0, 0.05) is 32.2 Å². The monoisotopic (exact) mass is 503 g/mol. The zero-order valence-electron chi connectivity index (χ0n) is 17.4. The average Bonchev–Trinajstić information content (AvgIpc) is 3.29. The Kier molecular flexibility index (Phi) is 5.58. The minimum absolute atomic E-state index is 0.0299. The van der Waals surface area contributed by atoms with E-state index in [1.165, 1.54) is 18.3 Å². The number of carbonyl (C=O) groups excluding carboxylic acids is 1. The third-order valence-electron chi connectivity index (χ3n) is 5.45. The van der Waals surface area contributed by atoms with E-state index in [4.69, 9.17) is 27.9 Å². The molecule has 0 unspecified atom stereocenters. The number of halogens is 3. The lowest BCUT2D eigenvalue weighted by Gasteiger charge is -2.35. The zero-order valence-corrected chi connectivity index (χ0v) is 18.9. The van der Waals surface area contributed by atoms with E-state index >= 15 is 0 Å². The van der Waals surface area contributed by atoms with Crippen LogP contribution in [0.1, 0.15) is 0 Å². The van der Waals surface area contributed by atoms with Gasteiger partial charge in [-0.25, -0.2) is 4.39 Å². The Labute approximate surface area is 201 Å². The quantitative estimate of drug-likeness (QED) is 0.319. The molecule has 174 valence electrons. The molecule has 0 spiro atoms. The van der Waals surface area contributed by atoms with Gasteiger partial charge in [0.15, 0.2) is 5.75 Å². The zero-order chi connectivity index (χ0) is 24.0. The lowest BCUT2D eigenvalue weighted by Crippen LogP contribution is -2.48. The number of fused-ring (bicyclic) bond motifs is 2. The third-order valence-corrected chi connectivity index (χ3v) is 5.99. The van der Waals surface area contributed by atoms with Crippen LogP contribution in [0.2, 0.25) is 10.2 Å². The van der Waals surface area contributed by atoms with E-state index in [-0.39, 0.29) is 33.2 Å². The number of aromatic amines is 1. The molecule has 2 N–H and O–H groups in total. The predicted octanol–water partition coefficient (Wildman–Crippen LogP) is 3.68. The largest absolute Gasteiger partial charge is 0.479 e. The van der Waals surface area contributed by atoms with Gasteiger partial charge in [-0.1, -0.05) is 29.8 Å². The highest BCUT2D eigenvalue weighted by Gasteiger charge is 2.25. The van der Waals surface area contributed by atoms with Crippen molar-refractivity contribution in [1.82, 2.24) is 30.0 Å². The van der Waals surface area contributed by atoms with Gasteiger partial charge in [-0.2, -0.15) is 20.1 Å². The van der Waals surface area contributed by atoms with Gasteiger partial charge in [0.2, 0.25) is 11.8 Å². The van der Waals surface area contributed by atoms with Gasteiger partial charge in [-0.15, -0.1) is 0 Å². The van der Waals surface area contributed by atoms with Crippen LogP contribution in [0.5, 0.6) is 17.6 Å². The molecule has 5 rings (SSSR count). The van der Waals surface area contributed by atoms with E-state index in [0.29, 0.717) is 48.3 Å². The summed E-state index contributed by atoms with van der Waals surface area (Å²) in [4.78, 5) is 27.9. The second-order valence-electron chi connectivity index (χ2n) is 7.44. The summed E-state index contributed by atoms with van der Waals surface area (Å²) in [5, 5.41) is 17.5. The lowest BCUT2D eigenvalue weighted by atomic mass is 10.2. The van der Waals surface area contributed by atoms with Gasteiger partial charge in [-0.05, 0) is 12.1 Å². The van der Waals surface area contributed by atoms with Crippen LogP contribution in [-0.2, 0) is 4.79 Å². The highest BCUT2D eigenvalue weighted by Crippen LogP contribution is 2.41. The van der Waals surface area contributed by atoms with Crippen molar-refractivity contribution < 1.29 is 19.0 Å². The van der Waals surface area contributed by atoms with Crippen LogP contribution in [-0.4, -0.2) is 67.2 Å². The number of H-pyrrole nitrogens is 1. The van der Waals surface area contributed by atoms with E-state index in [1.807, 2.05) is 4.90 Å². The second-order valence-corrected chi connectivity index (χ2v) is 8.21. The molecule has 0 saturated carbocycles. The number of hydrogen-bond donors (Lipinski definition) is 2. The molecule has 1 aliphatic heterocycles. The molecule has 0 bridgehead atoms. The first kappa shape index (κ1) is 22.1. The second kappa shape index (κ2) is 8.58. The molecule has 1 aliphatic rings. The minimum atomic E-state index is -0.718. The molecule has 13 heteroatoms. The number of ether oxygens (including phenoxy) is 1. The molecule has 1 fully saturated rings. The standard InChI is InChI=1S/C21H16Cl2FN7O3/c1-2-15(32)30-3-5-31(6-4-30)19-10-7-14(22)26-20(17(10)27-21(33)28-19)34-18-11-9-25-29-13(11)8-12(24)16(18)23/h2,7-9H,1,3-6H2,(H,25,29)(H,27,28,33). The van der Waals surface area contributed by atoms with Crippen molar-refractivity contribution >= 4 is 56.7 Å². The fraction of sp³-hybridized carbons (Fsp3) is 0.190. The maximum Gasteiger partial charge on any atom is 0.316 e. The fourth-order valence-corrected chi connectivity index (χ4v) is 4.20. The number of benzene rings is 1. The lowest BCUT2D eigenvalue weighted by molar-refractivity contribution is -0.126. The molecular weight excluding hydrogens is 488 g/mol. The number of carbonyl (C=O) groups is 1. The van der Waals surface area contributed by atoms with Gasteiger partial charge in [0.25, 0.3) is 0 Å². The Bertz CT molecular complexity index is 1450. The number of aromatic nitrogens is 5. The molecule has 0 radical (unpaired) electrons. The van der Waals surface area contributed by atoms with Gasteiger partial charge in [0.05, 0.1) is 22.5 Å². The summed E-state index contributed by atoms with van der Waals surface area (Å²) in [7, 11) is 0. The molecule has 0 atom stereocenters. The number of aromatic hydroxyl groups is 1. The Hall–Kier alpha value is -3.70. The summed E-state index contributed by atoms with van der Waals surface area (Å²) in [6.07, 6.45) is 2.70. The normalized spacial score (nSPS) is 14.1. The van der Waals surface area contributed by atoms with Crippen LogP contribution in [0, 0.1) is 5.82 Å². The smallest absolute Gasteiger partial charge is 0.316 e. The van der Waals surface area contributed by atoms with Crippen molar-refractivity contribution in [2.24, 2.45) is 0 Å². The summed E-state index contributed by atoms with van der Waals surface area (Å²) in [5.41, 5.74) is 0.516. The summed E-state index contributed by atoms with van der Waals surface area (Å²) in [6, 6.07) is 2.23. The average molecular weight is 504 g/mol. The third kappa shape index (κ3) is 3.82. The summed E-state index contributed by atoms with van der Waals surface area (Å²) >= 11 is 12.4. The Morgan fingerprint density at radius 2 is 1.94 bits per heavy atom. The van der Waals surface area contributed by atoms with Crippen LogP contribution < -0.4 is 9.64 Å². The van der Waals surface area contributed by atoms with Crippen LogP contribution in [0.25, 0.3) is 21.8 Å². The van der Waals surface area contributed by atoms with Crippen molar-refractivity contribution in [2.75, 3.05) is 31.1 Å². The van der Waals surface area contributed by atoms with E-state index in [9.17, 15) is 14.3 Å². The number of anilines is 1. The molecule has 34 heavy (non-hydrogen) atoms. The van der Waals surface area contributed by atoms with Crippen molar-refractivity contribution in [3.63, 3.8) is 0 Å². The SMILES string of the molecule is C=CC(=O)N1CCN(c2nc(O)nc3c(Oc4c(Cl)c(F)cc5[nH]ncc45)nc(Cl)cc23)CC1. The maximum absolute atomic E-state index is 14.4. The number of nitrogens with zero attached hydrogens (tertiary/aromatic N) is 6. The molecular formula is C21H16Cl2FN7O3. The molecule has 1 saturated heterocycles. The van der Waals surface area contributed by atoms with Crippen LogP contribution in [0.3, 0.4) is 0 Å². The Morgan fingerprint density at radius 1 is 1.18 bits per heavy atom. The van der Waals surface area contributed by atoms with Crippen molar-refractivity contribution in [3.05, 3.63) is 47.0 Å². The van der Waals surface area contributed by atoms with Crippen molar-refractivity contribution in [2.45, 2.75) is 0 Å². The van der Waals surface area contributed by atoms with Gasteiger partial charge in [-0.3, -0.25) is 9.89 Å². The number of piperazine rings is 1. The number of hydrogen-bond acceptors (Lipinski definition) is 8. The molecule has 3 aromatic heterocycles. The van der Waals surface area contributed by atoms with Crippen LogP contribution in [0.4, 0.5) is 10.2 Å². The predicted molar refractivity (Wildman–Crippen MR) is 124 cm³/mol.